The van der Waals surface area contributed by atoms with E-state index in [0.29, 0.717) is 0 Å². The van der Waals surface area contributed by atoms with Crippen molar-refractivity contribution in [3.8, 4) is 0 Å². The highest BCUT2D eigenvalue weighted by molar-refractivity contribution is 5.09. The van der Waals surface area contributed by atoms with E-state index in [1.165, 1.54) is 6.33 Å². The van der Waals surface area contributed by atoms with Crippen LogP contribution >= 0.6 is 0 Å². The number of nitrogen functional groups attached to an aromatic ring is 1. The van der Waals surface area contributed by atoms with Crippen molar-refractivity contribution < 1.29 is 14.6 Å². The Morgan fingerprint density at radius 1 is 1.73 bits per heavy atom. The number of anilines is 1. The Morgan fingerprint density at radius 3 is 3.13 bits per heavy atom. The zero-order chi connectivity index (χ0) is 10.8. The Morgan fingerprint density at radius 2 is 2.53 bits per heavy atom. The van der Waals surface area contributed by atoms with E-state index in [4.69, 9.17) is 20.3 Å². The van der Waals surface area contributed by atoms with Crippen LogP contribution in [-0.2, 0) is 9.47 Å². The lowest BCUT2D eigenvalue weighted by atomic mass is 10.6. The summed E-state index contributed by atoms with van der Waals surface area (Å²) in [7, 11) is 0. The first-order chi connectivity index (χ1) is 7.20. The fourth-order valence-electron chi connectivity index (χ4n) is 1.24. The van der Waals surface area contributed by atoms with E-state index < -0.39 is 18.2 Å². The quantitative estimate of drug-likeness (QED) is 0.590. The van der Waals surface area contributed by atoms with Crippen LogP contribution in [0.4, 0.5) is 5.95 Å². The summed E-state index contributed by atoms with van der Waals surface area (Å²) >= 11 is 0. The molecule has 0 unspecified atom stereocenters. The molecule has 1 fully saturated rings. The van der Waals surface area contributed by atoms with Crippen LogP contribution < -0.4 is 11.4 Å². The van der Waals surface area contributed by atoms with Gasteiger partial charge in [-0.3, -0.25) is 4.57 Å². The van der Waals surface area contributed by atoms with Gasteiger partial charge in [0.05, 0.1) is 13.2 Å². The largest absolute Gasteiger partial charge is 0.391 e. The molecule has 0 aromatic carbocycles. The molecule has 8 nitrogen and oxygen atoms in total. The molecule has 8 heteroatoms. The zero-order valence-corrected chi connectivity index (χ0v) is 7.74. The van der Waals surface area contributed by atoms with E-state index in [9.17, 15) is 4.79 Å². The average molecular weight is 214 g/mol. The van der Waals surface area contributed by atoms with Gasteiger partial charge in [0, 0.05) is 0 Å². The van der Waals surface area contributed by atoms with E-state index >= 15 is 0 Å². The normalized spacial score (nSPS) is 25.7. The molecule has 1 aliphatic rings. The molecule has 1 aromatic rings. The maximum atomic E-state index is 11.4. The van der Waals surface area contributed by atoms with Crippen LogP contribution in [0.15, 0.2) is 11.1 Å². The third kappa shape index (κ3) is 1.96. The molecule has 0 amide bonds. The number of nitrogens with zero attached hydrogens (tertiary/aromatic N) is 3. The van der Waals surface area contributed by atoms with Crippen LogP contribution in [0.1, 0.15) is 6.23 Å². The lowest BCUT2D eigenvalue weighted by Crippen LogP contribution is -2.29. The number of nitrogens with two attached hydrogens (primary N) is 1. The molecule has 0 spiro atoms. The van der Waals surface area contributed by atoms with Crippen LogP contribution in [0.25, 0.3) is 0 Å². The van der Waals surface area contributed by atoms with Crippen molar-refractivity contribution in [2.24, 2.45) is 0 Å². The van der Waals surface area contributed by atoms with Crippen molar-refractivity contribution in [1.82, 2.24) is 14.5 Å². The van der Waals surface area contributed by atoms with Crippen molar-refractivity contribution in [2.45, 2.75) is 12.5 Å². The third-order valence-electron chi connectivity index (χ3n) is 1.94. The molecule has 0 bridgehead atoms. The molecule has 0 aliphatic carbocycles. The van der Waals surface area contributed by atoms with Gasteiger partial charge in [0.1, 0.15) is 6.33 Å². The number of ether oxygens (including phenoxy) is 2. The highest BCUT2D eigenvalue weighted by Crippen LogP contribution is 2.18. The highest BCUT2D eigenvalue weighted by Gasteiger charge is 2.27. The molecule has 3 N–H and O–H groups in total. The smallest absolute Gasteiger partial charge is 0.354 e. The third-order valence-corrected chi connectivity index (χ3v) is 1.94. The van der Waals surface area contributed by atoms with E-state index in [-0.39, 0.29) is 19.2 Å². The predicted molar refractivity (Wildman–Crippen MR) is 47.7 cm³/mol. The monoisotopic (exact) mass is 214 g/mol. The topological polar surface area (TPSA) is 112 Å². The van der Waals surface area contributed by atoms with Crippen molar-refractivity contribution >= 4 is 5.95 Å². The number of aromatic nitrogens is 3. The second kappa shape index (κ2) is 3.93. The molecule has 2 rings (SSSR count). The van der Waals surface area contributed by atoms with Crippen molar-refractivity contribution in [3.05, 3.63) is 16.8 Å². The van der Waals surface area contributed by atoms with Gasteiger partial charge in [-0.25, -0.2) is 9.78 Å². The van der Waals surface area contributed by atoms with Gasteiger partial charge < -0.3 is 20.3 Å². The lowest BCUT2D eigenvalue weighted by molar-refractivity contribution is -0.0994. The van der Waals surface area contributed by atoms with Gasteiger partial charge >= 0.3 is 5.69 Å². The van der Waals surface area contributed by atoms with E-state index in [2.05, 4.69) is 9.97 Å². The minimum atomic E-state index is -0.709. The van der Waals surface area contributed by atoms with Crippen LogP contribution in [0.2, 0.25) is 0 Å². The molecule has 0 saturated carbocycles. The van der Waals surface area contributed by atoms with Crippen LogP contribution in [0.5, 0.6) is 0 Å². The van der Waals surface area contributed by atoms with Gasteiger partial charge in [-0.15, -0.1) is 0 Å². The minimum Gasteiger partial charge on any atom is -0.391 e. The second-order valence-electron chi connectivity index (χ2n) is 2.94. The number of hydrogen-bond donors (Lipinski definition) is 2. The van der Waals surface area contributed by atoms with E-state index in [1.807, 2.05) is 0 Å². The van der Waals surface area contributed by atoms with Gasteiger partial charge in [0.15, 0.2) is 12.5 Å². The van der Waals surface area contributed by atoms with E-state index in [1.54, 1.807) is 0 Å². The molecule has 1 saturated heterocycles. The Bertz CT molecular complexity index is 406. The van der Waals surface area contributed by atoms with Gasteiger partial charge in [-0.05, 0) is 0 Å². The minimum absolute atomic E-state index is 0.0890. The lowest BCUT2D eigenvalue weighted by Gasteiger charge is -2.10. The van der Waals surface area contributed by atoms with Gasteiger partial charge in [-0.1, -0.05) is 0 Å². The summed E-state index contributed by atoms with van der Waals surface area (Å²) < 4.78 is 11.4. The Hall–Kier alpha value is -1.51. The van der Waals surface area contributed by atoms with Crippen LogP contribution in [0.3, 0.4) is 0 Å². The van der Waals surface area contributed by atoms with Crippen LogP contribution in [-0.4, -0.2) is 39.1 Å². The molecule has 0 radical (unpaired) electrons. The Balaban J connectivity index is 2.20. The SMILES string of the molecule is Nc1ncn([C@@H]2CO[C@@H](CO)O2)c(=O)n1. The van der Waals surface area contributed by atoms with Gasteiger partial charge in [-0.2, -0.15) is 4.98 Å². The molecule has 1 aromatic heterocycles. The molecular weight excluding hydrogens is 204 g/mol. The number of aliphatic hydroxyl groups is 1. The summed E-state index contributed by atoms with van der Waals surface area (Å²) in [5.41, 5.74) is 4.67. The predicted octanol–water partition coefficient (Wildman–Crippen LogP) is -1.92. The molecular formula is C7H10N4O4. The Kier molecular flexibility index (Phi) is 2.62. The summed E-state index contributed by atoms with van der Waals surface area (Å²) in [5, 5.41) is 8.76. The fourth-order valence-corrected chi connectivity index (χ4v) is 1.24. The first kappa shape index (κ1) is 10.0. The summed E-state index contributed by atoms with van der Waals surface area (Å²) in [6.45, 7) is -0.0977. The summed E-state index contributed by atoms with van der Waals surface area (Å²) in [6.07, 6.45) is -0.0898. The Labute approximate surface area is 84.3 Å². The summed E-state index contributed by atoms with van der Waals surface area (Å²) in [6, 6.07) is 0. The fraction of sp³-hybridized carbons (Fsp3) is 0.571. The van der Waals surface area contributed by atoms with Gasteiger partial charge in [0.2, 0.25) is 5.95 Å². The molecule has 2 atom stereocenters. The molecule has 82 valence electrons. The maximum absolute atomic E-state index is 11.4. The number of rotatable bonds is 2. The standard InChI is InChI=1S/C7H10N4O4/c8-6-9-3-11(7(13)10-6)4-2-14-5(1-12)15-4/h3-5,12H,1-2H2,(H2,8,10,13)/t4-,5+/m0/s1. The first-order valence-electron chi connectivity index (χ1n) is 4.29. The summed E-state index contributed by atoms with van der Waals surface area (Å²) in [4.78, 5) is 18.5. The van der Waals surface area contributed by atoms with Crippen molar-refractivity contribution in [2.75, 3.05) is 18.9 Å². The molecule has 15 heavy (non-hydrogen) atoms. The molecule has 1 aliphatic heterocycles. The number of aliphatic hydroxyl groups excluding tert-OH is 1. The number of hydrogen-bond acceptors (Lipinski definition) is 7. The zero-order valence-electron chi connectivity index (χ0n) is 7.74. The van der Waals surface area contributed by atoms with E-state index in [0.717, 1.165) is 4.57 Å². The van der Waals surface area contributed by atoms with Crippen LogP contribution in [0, 0.1) is 0 Å². The van der Waals surface area contributed by atoms with Gasteiger partial charge in [0.25, 0.3) is 0 Å². The second-order valence-corrected chi connectivity index (χ2v) is 2.94. The van der Waals surface area contributed by atoms with Crippen molar-refractivity contribution in [1.29, 1.82) is 0 Å². The average Bonchev–Trinajstić information content (AvgIpc) is 2.66. The molecule has 2 heterocycles. The maximum Gasteiger partial charge on any atom is 0.354 e. The summed E-state index contributed by atoms with van der Waals surface area (Å²) in [5.74, 6) is -0.0890. The first-order valence-corrected chi connectivity index (χ1v) is 4.29. The van der Waals surface area contributed by atoms with Crippen molar-refractivity contribution in [3.63, 3.8) is 0 Å². The highest BCUT2D eigenvalue weighted by atomic mass is 16.7.